The monoisotopic (exact) mass is 345 g/mol. The zero-order valence-electron chi connectivity index (χ0n) is 15.0. The van der Waals surface area contributed by atoms with E-state index in [0.717, 1.165) is 31.4 Å². The van der Waals surface area contributed by atoms with Crippen LogP contribution >= 0.6 is 0 Å². The van der Waals surface area contributed by atoms with Crippen molar-refractivity contribution >= 4 is 17.5 Å². The average Bonchev–Trinajstić information content (AvgIpc) is 3.16. The van der Waals surface area contributed by atoms with Gasteiger partial charge in [-0.15, -0.1) is 0 Å². The number of hydrogen-bond acceptors (Lipinski definition) is 4. The summed E-state index contributed by atoms with van der Waals surface area (Å²) in [6.45, 7) is 2.06. The van der Waals surface area contributed by atoms with Crippen LogP contribution in [0.15, 0.2) is 24.3 Å². The Balaban J connectivity index is 1.48. The first-order chi connectivity index (χ1) is 12.0. The van der Waals surface area contributed by atoms with Crippen molar-refractivity contribution in [1.29, 1.82) is 0 Å². The van der Waals surface area contributed by atoms with Gasteiger partial charge in [-0.1, -0.05) is 0 Å². The van der Waals surface area contributed by atoms with E-state index in [1.165, 1.54) is 0 Å². The third-order valence-corrected chi connectivity index (χ3v) is 4.99. The number of carbonyl (C=O) groups excluding carboxylic acids is 2. The topological polar surface area (TPSA) is 61.9 Å². The molecule has 1 aromatic carbocycles. The lowest BCUT2D eigenvalue weighted by Crippen LogP contribution is -2.49. The first-order valence-corrected chi connectivity index (χ1v) is 9.03. The Kier molecular flexibility index (Phi) is 5.58. The fraction of sp³-hybridized carbons (Fsp3) is 0.579. The molecule has 1 N–H and O–H groups in total. The molecule has 0 saturated carbocycles. The van der Waals surface area contributed by atoms with E-state index in [1.54, 1.807) is 0 Å². The lowest BCUT2D eigenvalue weighted by Gasteiger charge is -2.33. The van der Waals surface area contributed by atoms with Crippen LogP contribution in [0.4, 0.5) is 5.69 Å². The number of ether oxygens (including phenoxy) is 1. The number of nitrogens with zero attached hydrogens (tertiary/aromatic N) is 2. The number of likely N-dealkylation sites (tertiary alicyclic amines) is 1. The Bertz CT molecular complexity index is 601. The van der Waals surface area contributed by atoms with Gasteiger partial charge in [0.15, 0.2) is 0 Å². The molecule has 6 nitrogen and oxygen atoms in total. The second-order valence-electron chi connectivity index (χ2n) is 7.02. The fourth-order valence-corrected chi connectivity index (χ4v) is 3.40. The Morgan fingerprint density at radius 3 is 2.36 bits per heavy atom. The maximum absolute atomic E-state index is 12.4. The highest BCUT2D eigenvalue weighted by Crippen LogP contribution is 2.19. The number of piperidine rings is 1. The summed E-state index contributed by atoms with van der Waals surface area (Å²) in [7, 11) is 3.95. The quantitative estimate of drug-likeness (QED) is 0.901. The van der Waals surface area contributed by atoms with E-state index in [4.69, 9.17) is 4.74 Å². The van der Waals surface area contributed by atoms with Gasteiger partial charge >= 0.3 is 0 Å². The van der Waals surface area contributed by atoms with Crippen molar-refractivity contribution in [2.75, 3.05) is 38.7 Å². The van der Waals surface area contributed by atoms with Gasteiger partial charge in [0.25, 0.3) is 11.8 Å². The Labute approximate surface area is 149 Å². The minimum Gasteiger partial charge on any atom is -0.378 e. The van der Waals surface area contributed by atoms with Gasteiger partial charge in [0.05, 0.1) is 0 Å². The van der Waals surface area contributed by atoms with Gasteiger partial charge in [-0.25, -0.2) is 0 Å². The number of anilines is 1. The third-order valence-electron chi connectivity index (χ3n) is 4.99. The number of carbonyl (C=O) groups is 2. The summed E-state index contributed by atoms with van der Waals surface area (Å²) in [6, 6.07) is 7.70. The first kappa shape index (κ1) is 17.7. The Hall–Kier alpha value is -2.08. The van der Waals surface area contributed by atoms with Crippen LogP contribution in [0, 0.1) is 0 Å². The summed E-state index contributed by atoms with van der Waals surface area (Å²) in [4.78, 5) is 28.6. The van der Waals surface area contributed by atoms with Crippen LogP contribution in [0.25, 0.3) is 0 Å². The molecule has 1 aromatic rings. The van der Waals surface area contributed by atoms with Crippen LogP contribution < -0.4 is 10.2 Å². The van der Waals surface area contributed by atoms with Crippen molar-refractivity contribution < 1.29 is 14.3 Å². The van der Waals surface area contributed by atoms with Crippen molar-refractivity contribution in [1.82, 2.24) is 10.2 Å². The molecule has 2 aliphatic heterocycles. The van der Waals surface area contributed by atoms with E-state index in [2.05, 4.69) is 5.32 Å². The van der Waals surface area contributed by atoms with Crippen molar-refractivity contribution in [3.05, 3.63) is 29.8 Å². The van der Waals surface area contributed by atoms with Gasteiger partial charge in [0.1, 0.15) is 6.10 Å². The van der Waals surface area contributed by atoms with Gasteiger partial charge in [-0.2, -0.15) is 0 Å². The van der Waals surface area contributed by atoms with E-state index in [-0.39, 0.29) is 24.0 Å². The molecule has 136 valence electrons. The van der Waals surface area contributed by atoms with Crippen LogP contribution in [-0.2, 0) is 9.53 Å². The highest BCUT2D eigenvalue weighted by Gasteiger charge is 2.31. The van der Waals surface area contributed by atoms with Gasteiger partial charge in [-0.05, 0) is 49.9 Å². The second-order valence-corrected chi connectivity index (χ2v) is 7.02. The van der Waals surface area contributed by atoms with Crippen LogP contribution in [0.2, 0.25) is 0 Å². The number of benzene rings is 1. The number of hydrogen-bond donors (Lipinski definition) is 1. The van der Waals surface area contributed by atoms with Gasteiger partial charge < -0.3 is 19.9 Å². The molecule has 2 amide bonds. The van der Waals surface area contributed by atoms with Crippen molar-refractivity contribution in [3.63, 3.8) is 0 Å². The summed E-state index contributed by atoms with van der Waals surface area (Å²) in [6.07, 6.45) is 3.13. The molecule has 6 heteroatoms. The molecular formula is C19H27N3O3. The third kappa shape index (κ3) is 4.31. The van der Waals surface area contributed by atoms with Crippen molar-refractivity contribution in [2.24, 2.45) is 0 Å². The lowest BCUT2D eigenvalue weighted by molar-refractivity contribution is -0.142. The highest BCUT2D eigenvalue weighted by molar-refractivity contribution is 5.94. The molecule has 1 atom stereocenters. The SMILES string of the molecule is CN(C)c1ccc(C(=O)NC2CCN(C(=O)C3CCCO3)CC2)cc1. The molecule has 0 spiro atoms. The van der Waals surface area contributed by atoms with Crippen LogP contribution in [0.3, 0.4) is 0 Å². The maximum atomic E-state index is 12.4. The van der Waals surface area contributed by atoms with E-state index >= 15 is 0 Å². The van der Waals surface area contributed by atoms with Gasteiger partial charge in [0.2, 0.25) is 0 Å². The van der Waals surface area contributed by atoms with Crippen molar-refractivity contribution in [2.45, 2.75) is 37.8 Å². The van der Waals surface area contributed by atoms with Crippen molar-refractivity contribution in [3.8, 4) is 0 Å². The zero-order valence-corrected chi connectivity index (χ0v) is 15.0. The number of amides is 2. The molecule has 0 bridgehead atoms. The van der Waals surface area contributed by atoms with E-state index in [0.29, 0.717) is 25.3 Å². The first-order valence-electron chi connectivity index (χ1n) is 9.03. The molecule has 2 saturated heterocycles. The molecule has 1 unspecified atom stereocenters. The smallest absolute Gasteiger partial charge is 0.251 e. The molecule has 2 aliphatic rings. The predicted octanol–water partition coefficient (Wildman–Crippen LogP) is 1.65. The van der Waals surface area contributed by atoms with E-state index in [9.17, 15) is 9.59 Å². The van der Waals surface area contributed by atoms with Crippen LogP contribution in [-0.4, -0.2) is 62.7 Å². The maximum Gasteiger partial charge on any atom is 0.251 e. The molecule has 0 radical (unpaired) electrons. The standard InChI is InChI=1S/C19H27N3O3/c1-21(2)16-7-5-14(6-8-16)18(23)20-15-9-11-22(12-10-15)19(24)17-4-3-13-25-17/h5-8,15,17H,3-4,9-13H2,1-2H3,(H,20,23). The summed E-state index contributed by atoms with van der Waals surface area (Å²) >= 11 is 0. The molecule has 3 rings (SSSR count). The molecule has 2 heterocycles. The number of nitrogens with one attached hydrogen (secondary N) is 1. The minimum atomic E-state index is -0.249. The fourth-order valence-electron chi connectivity index (χ4n) is 3.40. The molecule has 25 heavy (non-hydrogen) atoms. The second kappa shape index (κ2) is 7.87. The summed E-state index contributed by atoms with van der Waals surface area (Å²) in [5.41, 5.74) is 1.74. The lowest BCUT2D eigenvalue weighted by atomic mass is 10.0. The van der Waals surface area contributed by atoms with E-state index in [1.807, 2.05) is 48.2 Å². The molecule has 2 fully saturated rings. The average molecular weight is 345 g/mol. The zero-order chi connectivity index (χ0) is 17.8. The normalized spacial score (nSPS) is 21.2. The van der Waals surface area contributed by atoms with E-state index < -0.39 is 0 Å². The van der Waals surface area contributed by atoms with Crippen LogP contribution in [0.5, 0.6) is 0 Å². The Morgan fingerprint density at radius 2 is 1.80 bits per heavy atom. The van der Waals surface area contributed by atoms with Gasteiger partial charge in [-0.3, -0.25) is 9.59 Å². The highest BCUT2D eigenvalue weighted by atomic mass is 16.5. The Morgan fingerprint density at radius 1 is 1.12 bits per heavy atom. The largest absolute Gasteiger partial charge is 0.378 e. The molecular weight excluding hydrogens is 318 g/mol. The van der Waals surface area contributed by atoms with Crippen LogP contribution in [0.1, 0.15) is 36.0 Å². The summed E-state index contributed by atoms with van der Waals surface area (Å²) < 4.78 is 5.48. The minimum absolute atomic E-state index is 0.0470. The molecule has 0 aliphatic carbocycles. The predicted molar refractivity (Wildman–Crippen MR) is 96.8 cm³/mol. The van der Waals surface area contributed by atoms with Gasteiger partial charge in [0, 0.05) is 51.1 Å². The number of rotatable bonds is 4. The summed E-state index contributed by atoms with van der Waals surface area (Å²) in [5, 5.41) is 3.09. The summed E-state index contributed by atoms with van der Waals surface area (Å²) in [5.74, 6) is 0.0655. The molecule has 0 aromatic heterocycles.